The van der Waals surface area contributed by atoms with Crippen molar-refractivity contribution in [1.82, 2.24) is 9.97 Å². The number of hydrogen-bond donors (Lipinski definition) is 1. The van der Waals surface area contributed by atoms with Crippen molar-refractivity contribution in [2.45, 2.75) is 0 Å². The van der Waals surface area contributed by atoms with E-state index in [1.807, 2.05) is 0 Å². The highest BCUT2D eigenvalue weighted by Crippen LogP contribution is 2.00. The molecule has 6 nitrogen and oxygen atoms in total. The van der Waals surface area contributed by atoms with Gasteiger partial charge in [-0.05, 0) is 6.07 Å². The van der Waals surface area contributed by atoms with Crippen LogP contribution in [0.3, 0.4) is 0 Å². The first-order valence-corrected chi connectivity index (χ1v) is 3.45. The Bertz CT molecular complexity index is 337. The fraction of sp³-hybridized carbons (Fsp3) is 0.143. The fourth-order valence-corrected chi connectivity index (χ4v) is 0.697. The Kier molecular flexibility index (Phi) is 2.91. The molecule has 0 atom stereocenters. The minimum Gasteiger partial charge on any atom is -0.374 e. The smallest absolute Gasteiger partial charge is 0.374 e. The van der Waals surface area contributed by atoms with Crippen LogP contribution in [0.25, 0.3) is 0 Å². The Hall–Kier alpha value is -1.98. The molecule has 13 heavy (non-hydrogen) atoms. The number of ether oxygens (including phenoxy) is 1. The lowest BCUT2D eigenvalue weighted by Crippen LogP contribution is -2.17. The van der Waals surface area contributed by atoms with E-state index in [-0.39, 0.29) is 6.01 Å². The molecule has 6 heteroatoms. The Morgan fingerprint density at radius 3 is 3.15 bits per heavy atom. The molecule has 0 saturated carbocycles. The second kappa shape index (κ2) is 4.15. The largest absolute Gasteiger partial charge is 0.412 e. The van der Waals surface area contributed by atoms with E-state index < -0.39 is 6.09 Å². The summed E-state index contributed by atoms with van der Waals surface area (Å²) in [5, 5.41) is 0. The van der Waals surface area contributed by atoms with Gasteiger partial charge in [0.15, 0.2) is 0 Å². The monoisotopic (exact) mass is 180 g/mol. The zero-order valence-corrected chi connectivity index (χ0v) is 6.97. The van der Waals surface area contributed by atoms with E-state index in [9.17, 15) is 4.79 Å². The van der Waals surface area contributed by atoms with Gasteiger partial charge in [-0.1, -0.05) is 0 Å². The first-order chi connectivity index (χ1) is 6.22. The summed E-state index contributed by atoms with van der Waals surface area (Å²) in [7, 11) is 1.61. The van der Waals surface area contributed by atoms with Gasteiger partial charge in [0.2, 0.25) is 0 Å². The van der Waals surface area contributed by atoms with E-state index in [0.29, 0.717) is 5.69 Å². The molecule has 1 aromatic rings. The SMILES string of the molecule is CN=Cc1ccnc(OC(N)=O)n1. The van der Waals surface area contributed by atoms with Gasteiger partial charge in [0.05, 0.1) is 5.69 Å². The third-order valence-electron chi connectivity index (χ3n) is 1.11. The van der Waals surface area contributed by atoms with Gasteiger partial charge < -0.3 is 10.5 Å². The molecular weight excluding hydrogens is 172 g/mol. The summed E-state index contributed by atoms with van der Waals surface area (Å²) in [6, 6.07) is 1.55. The van der Waals surface area contributed by atoms with Crippen LogP contribution in [0.2, 0.25) is 0 Å². The molecule has 0 aliphatic heterocycles. The predicted octanol–water partition coefficient (Wildman–Crippen LogP) is -0.0172. The highest BCUT2D eigenvalue weighted by Gasteiger charge is 2.01. The maximum atomic E-state index is 10.3. The van der Waals surface area contributed by atoms with Gasteiger partial charge in [0.25, 0.3) is 0 Å². The lowest BCUT2D eigenvalue weighted by molar-refractivity contribution is 0.207. The van der Waals surface area contributed by atoms with E-state index in [0.717, 1.165) is 0 Å². The Morgan fingerprint density at radius 2 is 2.54 bits per heavy atom. The lowest BCUT2D eigenvalue weighted by Gasteiger charge is -1.97. The lowest BCUT2D eigenvalue weighted by atomic mass is 10.4. The quantitative estimate of drug-likeness (QED) is 0.647. The maximum Gasteiger partial charge on any atom is 0.412 e. The Balaban J connectivity index is 2.85. The second-order valence-corrected chi connectivity index (χ2v) is 2.07. The molecule has 2 N–H and O–H groups in total. The van der Waals surface area contributed by atoms with Crippen LogP contribution in [0.4, 0.5) is 4.79 Å². The van der Waals surface area contributed by atoms with Crippen molar-refractivity contribution in [3.8, 4) is 6.01 Å². The third-order valence-corrected chi connectivity index (χ3v) is 1.11. The van der Waals surface area contributed by atoms with E-state index >= 15 is 0 Å². The standard InChI is InChI=1S/C7H8N4O2/c1-9-4-5-2-3-10-7(11-5)13-6(8)12/h2-4H,1H3,(H2,8,12). The van der Waals surface area contributed by atoms with E-state index in [1.165, 1.54) is 12.4 Å². The van der Waals surface area contributed by atoms with Gasteiger partial charge in [-0.25, -0.2) is 9.78 Å². The van der Waals surface area contributed by atoms with Crippen LogP contribution in [0.5, 0.6) is 6.01 Å². The zero-order chi connectivity index (χ0) is 9.68. The van der Waals surface area contributed by atoms with Gasteiger partial charge >= 0.3 is 12.1 Å². The van der Waals surface area contributed by atoms with Crippen molar-refractivity contribution in [2.24, 2.45) is 10.7 Å². The van der Waals surface area contributed by atoms with E-state index in [1.54, 1.807) is 13.1 Å². The summed E-state index contributed by atoms with van der Waals surface area (Å²) in [4.78, 5) is 21.5. The molecule has 1 aromatic heterocycles. The molecule has 0 spiro atoms. The van der Waals surface area contributed by atoms with E-state index in [2.05, 4.69) is 19.7 Å². The molecule has 1 heterocycles. The summed E-state index contributed by atoms with van der Waals surface area (Å²) in [5.74, 6) is 0. The number of rotatable bonds is 2. The van der Waals surface area contributed by atoms with Gasteiger partial charge in [0, 0.05) is 19.5 Å². The number of nitrogens with zero attached hydrogens (tertiary/aromatic N) is 3. The normalized spacial score (nSPS) is 10.2. The molecule has 0 bridgehead atoms. The van der Waals surface area contributed by atoms with Gasteiger partial charge in [0.1, 0.15) is 0 Å². The molecule has 68 valence electrons. The molecule has 1 rings (SSSR count). The minimum absolute atomic E-state index is 0.0788. The number of hydrogen-bond acceptors (Lipinski definition) is 5. The second-order valence-electron chi connectivity index (χ2n) is 2.07. The zero-order valence-electron chi connectivity index (χ0n) is 6.97. The van der Waals surface area contributed by atoms with Crippen molar-refractivity contribution in [3.63, 3.8) is 0 Å². The highest BCUT2D eigenvalue weighted by molar-refractivity contribution is 5.76. The van der Waals surface area contributed by atoms with Crippen LogP contribution in [0, 0.1) is 0 Å². The van der Waals surface area contributed by atoms with Crippen LogP contribution >= 0.6 is 0 Å². The van der Waals surface area contributed by atoms with Crippen LogP contribution in [-0.4, -0.2) is 29.3 Å². The maximum absolute atomic E-state index is 10.3. The summed E-state index contributed by atoms with van der Waals surface area (Å²) < 4.78 is 4.46. The Morgan fingerprint density at radius 1 is 1.77 bits per heavy atom. The third kappa shape index (κ3) is 2.86. The number of nitrogens with two attached hydrogens (primary N) is 1. The molecule has 0 unspecified atom stereocenters. The number of primary amides is 1. The number of aromatic nitrogens is 2. The van der Waals surface area contributed by atoms with Crippen LogP contribution in [0.15, 0.2) is 17.3 Å². The van der Waals surface area contributed by atoms with Crippen molar-refractivity contribution in [2.75, 3.05) is 7.05 Å². The summed E-state index contributed by atoms with van der Waals surface area (Å²) >= 11 is 0. The molecular formula is C7H8N4O2. The molecule has 0 saturated heterocycles. The van der Waals surface area contributed by atoms with Crippen LogP contribution in [-0.2, 0) is 0 Å². The summed E-state index contributed by atoms with van der Waals surface area (Å²) in [6.45, 7) is 0. The topological polar surface area (TPSA) is 90.5 Å². The first-order valence-electron chi connectivity index (χ1n) is 3.45. The van der Waals surface area contributed by atoms with Gasteiger partial charge in [-0.3, -0.25) is 4.99 Å². The highest BCUT2D eigenvalue weighted by atomic mass is 16.6. The number of carbonyl (C=O) groups excluding carboxylic acids is 1. The average molecular weight is 180 g/mol. The fourth-order valence-electron chi connectivity index (χ4n) is 0.697. The van der Waals surface area contributed by atoms with Crippen molar-refractivity contribution in [3.05, 3.63) is 18.0 Å². The Labute approximate surface area is 74.5 Å². The molecule has 0 aliphatic carbocycles. The average Bonchev–Trinajstić information content (AvgIpc) is 2.04. The molecule has 0 fully saturated rings. The number of amides is 1. The molecule has 1 amide bonds. The van der Waals surface area contributed by atoms with Crippen molar-refractivity contribution < 1.29 is 9.53 Å². The van der Waals surface area contributed by atoms with E-state index in [4.69, 9.17) is 5.73 Å². The molecule has 0 radical (unpaired) electrons. The molecule has 0 aromatic carbocycles. The number of carbonyl (C=O) groups is 1. The number of aliphatic imine (C=N–C) groups is 1. The summed E-state index contributed by atoms with van der Waals surface area (Å²) in [6.07, 6.45) is 2.02. The minimum atomic E-state index is -0.939. The molecule has 0 aliphatic rings. The van der Waals surface area contributed by atoms with Gasteiger partial charge in [-0.2, -0.15) is 4.98 Å². The van der Waals surface area contributed by atoms with Crippen molar-refractivity contribution >= 4 is 12.3 Å². The van der Waals surface area contributed by atoms with Gasteiger partial charge in [-0.15, -0.1) is 0 Å². The van der Waals surface area contributed by atoms with Crippen LogP contribution < -0.4 is 10.5 Å². The van der Waals surface area contributed by atoms with Crippen molar-refractivity contribution in [1.29, 1.82) is 0 Å². The first kappa shape index (κ1) is 9.11. The van der Waals surface area contributed by atoms with Crippen LogP contribution in [0.1, 0.15) is 5.69 Å². The predicted molar refractivity (Wildman–Crippen MR) is 45.8 cm³/mol. The summed E-state index contributed by atoms with van der Waals surface area (Å²) in [5.41, 5.74) is 5.32.